The Morgan fingerprint density at radius 1 is 1.22 bits per heavy atom. The minimum Gasteiger partial charge on any atom is -0.464 e. The molecular weight excluding hydrogens is 294 g/mol. The second kappa shape index (κ2) is 5.06. The normalized spacial score (nSPS) is 11.0. The van der Waals surface area contributed by atoms with Crippen LogP contribution in [0.2, 0.25) is 0 Å². The number of hydrogen-bond acceptors (Lipinski definition) is 6. The highest BCUT2D eigenvalue weighted by Crippen LogP contribution is 2.20. The Balaban J connectivity index is 1.75. The van der Waals surface area contributed by atoms with Crippen molar-refractivity contribution in [1.82, 2.24) is 19.7 Å². The number of nitrogens with two attached hydrogens (primary N) is 1. The van der Waals surface area contributed by atoms with E-state index in [0.717, 1.165) is 10.1 Å². The standard InChI is InChI=1S/C16H11N5O2/c17-16-19-14(12-2-1-6-18-9-12)20-21(16)15(22)11-3-4-13-10(8-11)5-7-23-13/h1-9H,(H2,17,19,20). The zero-order valence-electron chi connectivity index (χ0n) is 11.9. The molecule has 0 saturated carbocycles. The number of aromatic nitrogens is 4. The van der Waals surface area contributed by atoms with Crippen LogP contribution in [0.4, 0.5) is 5.95 Å². The first-order chi connectivity index (χ1) is 11.2. The second-order valence-corrected chi connectivity index (χ2v) is 4.93. The largest absolute Gasteiger partial charge is 0.464 e. The predicted molar refractivity (Wildman–Crippen MR) is 83.6 cm³/mol. The molecule has 4 aromatic rings. The third-order valence-corrected chi connectivity index (χ3v) is 3.44. The molecule has 0 bridgehead atoms. The lowest BCUT2D eigenvalue weighted by Gasteiger charge is -2.01. The Hall–Kier alpha value is -3.48. The van der Waals surface area contributed by atoms with Crippen molar-refractivity contribution in [3.8, 4) is 11.4 Å². The van der Waals surface area contributed by atoms with Gasteiger partial charge in [-0.25, -0.2) is 0 Å². The van der Waals surface area contributed by atoms with E-state index in [1.165, 1.54) is 0 Å². The zero-order chi connectivity index (χ0) is 15.8. The summed E-state index contributed by atoms with van der Waals surface area (Å²) in [5.41, 5.74) is 7.69. The Morgan fingerprint density at radius 2 is 2.13 bits per heavy atom. The highest BCUT2D eigenvalue weighted by molar-refractivity contribution is 5.99. The number of carbonyl (C=O) groups excluding carboxylic acids is 1. The van der Waals surface area contributed by atoms with E-state index in [1.807, 2.05) is 0 Å². The molecule has 0 spiro atoms. The molecule has 2 N–H and O–H groups in total. The first-order valence-electron chi connectivity index (χ1n) is 6.87. The van der Waals surface area contributed by atoms with Gasteiger partial charge in [0.1, 0.15) is 5.58 Å². The number of nitrogen functional groups attached to an aromatic ring is 1. The van der Waals surface area contributed by atoms with Crippen LogP contribution in [0, 0.1) is 0 Å². The van der Waals surface area contributed by atoms with Crippen molar-refractivity contribution in [2.45, 2.75) is 0 Å². The molecule has 0 unspecified atom stereocenters. The molecule has 0 amide bonds. The predicted octanol–water partition coefficient (Wildman–Crippen LogP) is 2.36. The van der Waals surface area contributed by atoms with Crippen LogP contribution in [-0.4, -0.2) is 25.7 Å². The number of carbonyl (C=O) groups is 1. The third-order valence-electron chi connectivity index (χ3n) is 3.44. The van der Waals surface area contributed by atoms with Gasteiger partial charge < -0.3 is 10.2 Å². The molecule has 7 heteroatoms. The molecule has 0 atom stereocenters. The summed E-state index contributed by atoms with van der Waals surface area (Å²) in [6, 6.07) is 10.5. The highest BCUT2D eigenvalue weighted by Gasteiger charge is 2.17. The Morgan fingerprint density at radius 3 is 2.96 bits per heavy atom. The van der Waals surface area contributed by atoms with E-state index in [0.29, 0.717) is 22.5 Å². The summed E-state index contributed by atoms with van der Waals surface area (Å²) in [5, 5.41) is 5.03. The molecule has 112 valence electrons. The van der Waals surface area contributed by atoms with Gasteiger partial charge in [0.25, 0.3) is 5.91 Å². The molecule has 7 nitrogen and oxygen atoms in total. The van der Waals surface area contributed by atoms with Gasteiger partial charge in [0.05, 0.1) is 6.26 Å². The average molecular weight is 305 g/mol. The fourth-order valence-corrected chi connectivity index (χ4v) is 2.31. The smallest absolute Gasteiger partial charge is 0.281 e. The highest BCUT2D eigenvalue weighted by atomic mass is 16.3. The number of hydrogen-bond donors (Lipinski definition) is 1. The molecule has 0 saturated heterocycles. The van der Waals surface area contributed by atoms with Crippen LogP contribution >= 0.6 is 0 Å². The summed E-state index contributed by atoms with van der Waals surface area (Å²) in [6.07, 6.45) is 4.83. The van der Waals surface area contributed by atoms with Crippen molar-refractivity contribution in [1.29, 1.82) is 0 Å². The molecule has 3 aromatic heterocycles. The van der Waals surface area contributed by atoms with Crippen molar-refractivity contribution in [2.24, 2.45) is 0 Å². The molecule has 0 aliphatic carbocycles. The molecule has 0 radical (unpaired) electrons. The van der Waals surface area contributed by atoms with Crippen LogP contribution in [0.1, 0.15) is 10.4 Å². The average Bonchev–Trinajstić information content (AvgIpc) is 3.20. The Kier molecular flexibility index (Phi) is 2.90. The van der Waals surface area contributed by atoms with Crippen LogP contribution in [0.5, 0.6) is 0 Å². The first-order valence-corrected chi connectivity index (χ1v) is 6.87. The van der Waals surface area contributed by atoms with Gasteiger partial charge in [0.2, 0.25) is 5.95 Å². The van der Waals surface area contributed by atoms with Gasteiger partial charge in [-0.1, -0.05) is 0 Å². The minimum absolute atomic E-state index is 0.0288. The molecule has 0 aliphatic rings. The summed E-state index contributed by atoms with van der Waals surface area (Å²) >= 11 is 0. The van der Waals surface area contributed by atoms with Gasteiger partial charge >= 0.3 is 0 Å². The fourth-order valence-electron chi connectivity index (χ4n) is 2.31. The molecular formula is C16H11N5O2. The van der Waals surface area contributed by atoms with Crippen LogP contribution < -0.4 is 5.73 Å². The van der Waals surface area contributed by atoms with Gasteiger partial charge in [0, 0.05) is 28.9 Å². The van der Waals surface area contributed by atoms with Gasteiger partial charge in [-0.15, -0.1) is 5.10 Å². The van der Waals surface area contributed by atoms with Crippen molar-refractivity contribution in [3.63, 3.8) is 0 Å². The molecule has 4 rings (SSSR count). The Labute approximate surface area is 130 Å². The lowest BCUT2D eigenvalue weighted by atomic mass is 10.1. The molecule has 23 heavy (non-hydrogen) atoms. The van der Waals surface area contributed by atoms with E-state index >= 15 is 0 Å². The van der Waals surface area contributed by atoms with Gasteiger partial charge in [-0.3, -0.25) is 9.78 Å². The van der Waals surface area contributed by atoms with Crippen LogP contribution in [0.3, 0.4) is 0 Å². The fraction of sp³-hybridized carbons (Fsp3) is 0. The van der Waals surface area contributed by atoms with Crippen LogP contribution in [0.15, 0.2) is 59.5 Å². The SMILES string of the molecule is Nc1nc(-c2cccnc2)nn1C(=O)c1ccc2occc2c1. The summed E-state index contributed by atoms with van der Waals surface area (Å²) in [6.45, 7) is 0. The maximum absolute atomic E-state index is 12.6. The number of anilines is 1. The zero-order valence-corrected chi connectivity index (χ0v) is 11.9. The maximum Gasteiger partial charge on any atom is 0.281 e. The third kappa shape index (κ3) is 2.24. The van der Waals surface area contributed by atoms with Crippen molar-refractivity contribution in [2.75, 3.05) is 5.73 Å². The number of furan rings is 1. The number of fused-ring (bicyclic) bond motifs is 1. The number of nitrogens with zero attached hydrogens (tertiary/aromatic N) is 4. The van der Waals surface area contributed by atoms with E-state index < -0.39 is 0 Å². The molecule has 1 aromatic carbocycles. The molecule has 0 aliphatic heterocycles. The van der Waals surface area contributed by atoms with E-state index in [-0.39, 0.29) is 11.9 Å². The van der Waals surface area contributed by atoms with Gasteiger partial charge in [-0.2, -0.15) is 9.67 Å². The lowest BCUT2D eigenvalue weighted by Crippen LogP contribution is -2.16. The molecule has 0 fully saturated rings. The van der Waals surface area contributed by atoms with E-state index in [2.05, 4.69) is 15.1 Å². The first kappa shape index (κ1) is 13.2. The van der Waals surface area contributed by atoms with Gasteiger partial charge in [0.15, 0.2) is 5.82 Å². The minimum atomic E-state index is -0.353. The number of benzene rings is 1. The van der Waals surface area contributed by atoms with Crippen molar-refractivity contribution < 1.29 is 9.21 Å². The quantitative estimate of drug-likeness (QED) is 0.610. The summed E-state index contributed by atoms with van der Waals surface area (Å²) < 4.78 is 6.35. The van der Waals surface area contributed by atoms with Crippen molar-refractivity contribution in [3.05, 3.63) is 60.6 Å². The van der Waals surface area contributed by atoms with E-state index in [1.54, 1.807) is 55.1 Å². The lowest BCUT2D eigenvalue weighted by molar-refractivity contribution is 0.0948. The molecule has 3 heterocycles. The van der Waals surface area contributed by atoms with Crippen LogP contribution in [-0.2, 0) is 0 Å². The second-order valence-electron chi connectivity index (χ2n) is 4.93. The summed E-state index contributed by atoms with van der Waals surface area (Å²) in [5.74, 6) is 0.0303. The number of pyridine rings is 1. The van der Waals surface area contributed by atoms with Gasteiger partial charge in [-0.05, 0) is 36.4 Å². The van der Waals surface area contributed by atoms with Crippen LogP contribution in [0.25, 0.3) is 22.4 Å². The van der Waals surface area contributed by atoms with E-state index in [9.17, 15) is 4.79 Å². The topological polar surface area (TPSA) is 99.8 Å². The monoisotopic (exact) mass is 305 g/mol. The van der Waals surface area contributed by atoms with E-state index in [4.69, 9.17) is 10.2 Å². The Bertz CT molecular complexity index is 1000. The maximum atomic E-state index is 12.6. The summed E-state index contributed by atoms with van der Waals surface area (Å²) in [7, 11) is 0. The summed E-state index contributed by atoms with van der Waals surface area (Å²) in [4.78, 5) is 20.7. The van der Waals surface area contributed by atoms with Crippen molar-refractivity contribution >= 4 is 22.8 Å². The number of rotatable bonds is 2.